The molecule has 0 aromatic heterocycles. The molecule has 4 nitrogen and oxygen atoms in total. The average Bonchev–Trinajstić information content (AvgIpc) is 3.45. The van der Waals surface area contributed by atoms with Crippen LogP contribution in [-0.2, 0) is 21.5 Å². The molecule has 5 rings (SSSR count). The third kappa shape index (κ3) is 4.36. The minimum Gasteiger partial charge on any atom is -0.473 e. The highest BCUT2D eigenvalue weighted by Gasteiger charge is 2.40. The molecule has 1 aliphatic rings. The van der Waals surface area contributed by atoms with Crippen LogP contribution >= 0.6 is 0 Å². The normalized spacial score (nSPS) is 14.3. The molecule has 0 atom stereocenters. The highest BCUT2D eigenvalue weighted by molar-refractivity contribution is 5.50. The van der Waals surface area contributed by atoms with E-state index in [-0.39, 0.29) is 0 Å². The third-order valence-electron chi connectivity index (χ3n) is 6.19. The molecule has 4 aromatic carbocycles. The van der Waals surface area contributed by atoms with Crippen LogP contribution in [0.15, 0.2) is 109 Å². The van der Waals surface area contributed by atoms with Gasteiger partial charge in [-0.25, -0.2) is 0 Å². The first kappa shape index (κ1) is 22.4. The fourth-order valence-corrected chi connectivity index (χ4v) is 4.60. The largest absolute Gasteiger partial charge is 0.473 e. The van der Waals surface area contributed by atoms with Crippen LogP contribution < -0.4 is 10.5 Å². The lowest BCUT2D eigenvalue weighted by Crippen LogP contribution is -2.36. The summed E-state index contributed by atoms with van der Waals surface area (Å²) >= 11 is 0. The van der Waals surface area contributed by atoms with E-state index in [1.807, 2.05) is 60.7 Å². The van der Waals surface area contributed by atoms with Crippen LogP contribution in [0.5, 0.6) is 5.75 Å². The summed E-state index contributed by atoms with van der Waals surface area (Å²) in [6, 6.07) is 37.3. The molecule has 1 fully saturated rings. The van der Waals surface area contributed by atoms with E-state index in [0.29, 0.717) is 19.8 Å². The first-order valence-electron chi connectivity index (χ1n) is 11.7. The van der Waals surface area contributed by atoms with Crippen LogP contribution in [0, 0.1) is 0 Å². The van der Waals surface area contributed by atoms with E-state index in [1.54, 1.807) is 0 Å². The second-order valence-electron chi connectivity index (χ2n) is 8.37. The van der Waals surface area contributed by atoms with E-state index >= 15 is 0 Å². The molecule has 2 N–H and O–H groups in total. The van der Waals surface area contributed by atoms with Gasteiger partial charge in [-0.3, -0.25) is 0 Å². The standard InChI is InChI=1S/C30H29NO3/c31-19-18-23-16-17-28(27(22-23)29-32-20-21-33-29)34-30(24-10-4-1-5-11-24,25-12-6-2-7-13-25)26-14-8-3-9-15-26/h1-17,22,29H,18-21,31H2. The topological polar surface area (TPSA) is 53.7 Å². The highest BCUT2D eigenvalue weighted by atomic mass is 16.7. The quantitative estimate of drug-likeness (QED) is 0.354. The first-order chi connectivity index (χ1) is 16.8. The zero-order chi connectivity index (χ0) is 23.2. The Morgan fingerprint density at radius 2 is 1.21 bits per heavy atom. The van der Waals surface area contributed by atoms with Crippen molar-refractivity contribution in [1.82, 2.24) is 0 Å². The molecule has 0 unspecified atom stereocenters. The van der Waals surface area contributed by atoms with Gasteiger partial charge < -0.3 is 19.9 Å². The lowest BCUT2D eigenvalue weighted by atomic mass is 9.80. The molecule has 0 spiro atoms. The van der Waals surface area contributed by atoms with Gasteiger partial charge in [0.1, 0.15) is 5.75 Å². The molecule has 0 amide bonds. The highest BCUT2D eigenvalue weighted by Crippen LogP contribution is 2.44. The van der Waals surface area contributed by atoms with Crippen LogP contribution in [0.25, 0.3) is 0 Å². The smallest absolute Gasteiger partial charge is 0.187 e. The summed E-state index contributed by atoms with van der Waals surface area (Å²) in [5.41, 5.74) is 10.1. The number of benzene rings is 4. The fraction of sp³-hybridized carbons (Fsp3) is 0.200. The lowest BCUT2D eigenvalue weighted by molar-refractivity contribution is -0.0469. The van der Waals surface area contributed by atoms with Gasteiger partial charge in [0.2, 0.25) is 0 Å². The number of nitrogens with two attached hydrogens (primary N) is 1. The summed E-state index contributed by atoms with van der Waals surface area (Å²) in [7, 11) is 0. The SMILES string of the molecule is NCCc1ccc(OC(c2ccccc2)(c2ccccc2)c2ccccc2)c(C2OCCO2)c1. The molecular formula is C30H29NO3. The van der Waals surface area contributed by atoms with Gasteiger partial charge >= 0.3 is 0 Å². The van der Waals surface area contributed by atoms with Crippen molar-refractivity contribution in [2.45, 2.75) is 18.3 Å². The molecule has 4 aromatic rings. The summed E-state index contributed by atoms with van der Waals surface area (Å²) < 4.78 is 19.0. The number of ether oxygens (including phenoxy) is 3. The van der Waals surface area contributed by atoms with E-state index in [1.165, 1.54) is 0 Å². The van der Waals surface area contributed by atoms with Gasteiger partial charge in [0.25, 0.3) is 0 Å². The molecule has 0 radical (unpaired) electrons. The van der Waals surface area contributed by atoms with Crippen LogP contribution in [0.4, 0.5) is 0 Å². The van der Waals surface area contributed by atoms with E-state index in [2.05, 4.69) is 48.5 Å². The predicted molar refractivity (Wildman–Crippen MR) is 134 cm³/mol. The van der Waals surface area contributed by atoms with Crippen molar-refractivity contribution >= 4 is 0 Å². The van der Waals surface area contributed by atoms with Crippen LogP contribution in [0.3, 0.4) is 0 Å². The monoisotopic (exact) mass is 451 g/mol. The van der Waals surface area contributed by atoms with Crippen molar-refractivity contribution in [3.63, 3.8) is 0 Å². The minimum atomic E-state index is -0.869. The Kier molecular flexibility index (Phi) is 6.72. The Morgan fingerprint density at radius 1 is 0.706 bits per heavy atom. The fourth-order valence-electron chi connectivity index (χ4n) is 4.60. The van der Waals surface area contributed by atoms with Gasteiger partial charge in [-0.05, 0) is 30.7 Å². The molecule has 34 heavy (non-hydrogen) atoms. The average molecular weight is 452 g/mol. The van der Waals surface area contributed by atoms with Crippen molar-refractivity contribution in [1.29, 1.82) is 0 Å². The second-order valence-corrected chi connectivity index (χ2v) is 8.37. The first-order valence-corrected chi connectivity index (χ1v) is 11.7. The second kappa shape index (κ2) is 10.2. The summed E-state index contributed by atoms with van der Waals surface area (Å²) in [4.78, 5) is 0. The Hall–Kier alpha value is -3.44. The van der Waals surface area contributed by atoms with Crippen LogP contribution in [-0.4, -0.2) is 19.8 Å². The molecule has 4 heteroatoms. The van der Waals surface area contributed by atoms with Gasteiger partial charge in [0, 0.05) is 16.7 Å². The van der Waals surface area contributed by atoms with Crippen LogP contribution in [0.1, 0.15) is 34.1 Å². The van der Waals surface area contributed by atoms with Crippen molar-refractivity contribution in [3.8, 4) is 5.75 Å². The zero-order valence-corrected chi connectivity index (χ0v) is 19.1. The van der Waals surface area contributed by atoms with E-state index in [4.69, 9.17) is 19.9 Å². The van der Waals surface area contributed by atoms with Crippen molar-refractivity contribution in [3.05, 3.63) is 137 Å². The lowest BCUT2D eigenvalue weighted by Gasteiger charge is -2.37. The van der Waals surface area contributed by atoms with Gasteiger partial charge in [-0.15, -0.1) is 0 Å². The number of hydrogen-bond acceptors (Lipinski definition) is 4. The van der Waals surface area contributed by atoms with Gasteiger partial charge in [-0.1, -0.05) is 97.1 Å². The Balaban J connectivity index is 1.73. The van der Waals surface area contributed by atoms with Gasteiger partial charge in [0.05, 0.1) is 18.8 Å². The van der Waals surface area contributed by atoms with Gasteiger partial charge in [-0.2, -0.15) is 0 Å². The van der Waals surface area contributed by atoms with Crippen molar-refractivity contribution in [2.75, 3.05) is 19.8 Å². The molecule has 172 valence electrons. The molecule has 0 bridgehead atoms. The maximum Gasteiger partial charge on any atom is 0.187 e. The van der Waals surface area contributed by atoms with E-state index in [0.717, 1.165) is 40.0 Å². The summed E-state index contributed by atoms with van der Waals surface area (Å²) in [6.07, 6.45) is 0.314. The summed E-state index contributed by atoms with van der Waals surface area (Å²) in [5.74, 6) is 0.726. The maximum absolute atomic E-state index is 7.15. The molecule has 1 saturated heterocycles. The van der Waals surface area contributed by atoms with E-state index < -0.39 is 11.9 Å². The molecule has 1 aliphatic heterocycles. The molecule has 0 saturated carbocycles. The predicted octanol–water partition coefficient (Wildman–Crippen LogP) is 5.60. The maximum atomic E-state index is 7.15. The van der Waals surface area contributed by atoms with Crippen molar-refractivity contribution < 1.29 is 14.2 Å². The third-order valence-corrected chi connectivity index (χ3v) is 6.19. The van der Waals surface area contributed by atoms with Gasteiger partial charge in [0.15, 0.2) is 11.9 Å². The Bertz CT molecular complexity index is 1090. The Morgan fingerprint density at radius 3 is 1.68 bits per heavy atom. The van der Waals surface area contributed by atoms with E-state index in [9.17, 15) is 0 Å². The number of rotatable bonds is 8. The Labute approximate surface area is 200 Å². The molecule has 0 aliphatic carbocycles. The minimum absolute atomic E-state index is 0.465. The molecule has 1 heterocycles. The summed E-state index contributed by atoms with van der Waals surface area (Å²) in [6.45, 7) is 1.70. The summed E-state index contributed by atoms with van der Waals surface area (Å²) in [5, 5.41) is 0. The number of hydrogen-bond donors (Lipinski definition) is 1. The van der Waals surface area contributed by atoms with Crippen molar-refractivity contribution in [2.24, 2.45) is 5.73 Å². The van der Waals surface area contributed by atoms with Crippen LogP contribution in [0.2, 0.25) is 0 Å². The zero-order valence-electron chi connectivity index (χ0n) is 19.1. The molecular weight excluding hydrogens is 422 g/mol.